The molecule has 1 aromatic carbocycles. The first-order valence-corrected chi connectivity index (χ1v) is 7.64. The highest BCUT2D eigenvalue weighted by atomic mass is 35.5. The van der Waals surface area contributed by atoms with Gasteiger partial charge in [0.1, 0.15) is 6.54 Å². The van der Waals surface area contributed by atoms with Crippen molar-refractivity contribution in [1.82, 2.24) is 9.47 Å². The fourth-order valence-corrected chi connectivity index (χ4v) is 3.20. The second-order valence-corrected chi connectivity index (χ2v) is 5.82. The first-order chi connectivity index (χ1) is 9.75. The molecule has 2 aromatic rings. The number of para-hydroxylation sites is 1. The largest absolute Gasteiger partial charge is 0.341 e. The molecule has 1 fully saturated rings. The van der Waals surface area contributed by atoms with Gasteiger partial charge in [0.05, 0.1) is 10.5 Å². The van der Waals surface area contributed by atoms with Crippen LogP contribution in [0.2, 0.25) is 5.02 Å². The van der Waals surface area contributed by atoms with Crippen molar-refractivity contribution < 1.29 is 4.79 Å². The molecule has 20 heavy (non-hydrogen) atoms. The van der Waals surface area contributed by atoms with Crippen LogP contribution in [-0.2, 0) is 11.3 Å². The van der Waals surface area contributed by atoms with E-state index in [1.807, 2.05) is 39.9 Å². The normalized spacial score (nSPS) is 16.4. The van der Waals surface area contributed by atoms with Crippen molar-refractivity contribution in [2.24, 2.45) is 0 Å². The van der Waals surface area contributed by atoms with Crippen LogP contribution in [0.4, 0.5) is 0 Å². The summed E-state index contributed by atoms with van der Waals surface area (Å²) in [5, 5.41) is 1.79. The van der Waals surface area contributed by atoms with Crippen LogP contribution in [0.25, 0.3) is 10.9 Å². The second-order valence-electron chi connectivity index (χ2n) is 5.42. The number of benzene rings is 1. The van der Waals surface area contributed by atoms with Gasteiger partial charge in [0.15, 0.2) is 0 Å². The van der Waals surface area contributed by atoms with E-state index >= 15 is 0 Å². The molecule has 1 aliphatic rings. The van der Waals surface area contributed by atoms with Crippen LogP contribution in [0.5, 0.6) is 0 Å². The Morgan fingerprint density at radius 2 is 1.85 bits per heavy atom. The summed E-state index contributed by atoms with van der Waals surface area (Å²) in [5.41, 5.74) is 0.956. The lowest BCUT2D eigenvalue weighted by molar-refractivity contribution is -0.131. The Kier molecular flexibility index (Phi) is 3.97. The first kappa shape index (κ1) is 13.5. The molecule has 106 valence electrons. The van der Waals surface area contributed by atoms with Crippen molar-refractivity contribution in [3.63, 3.8) is 0 Å². The quantitative estimate of drug-likeness (QED) is 0.828. The Morgan fingerprint density at radius 3 is 2.60 bits per heavy atom. The van der Waals surface area contributed by atoms with Gasteiger partial charge >= 0.3 is 0 Å². The lowest BCUT2D eigenvalue weighted by Crippen LogP contribution is -2.34. The van der Waals surface area contributed by atoms with Crippen LogP contribution in [-0.4, -0.2) is 28.5 Å². The van der Waals surface area contributed by atoms with Crippen LogP contribution in [0.3, 0.4) is 0 Å². The summed E-state index contributed by atoms with van der Waals surface area (Å²) < 4.78 is 1.96. The van der Waals surface area contributed by atoms with Gasteiger partial charge in [-0.3, -0.25) is 4.79 Å². The molecule has 1 amide bonds. The molecular formula is C16H19ClN2O. The third-order valence-electron chi connectivity index (χ3n) is 4.00. The smallest absolute Gasteiger partial charge is 0.242 e. The minimum Gasteiger partial charge on any atom is -0.341 e. The molecule has 0 unspecified atom stereocenters. The molecule has 3 nitrogen and oxygen atoms in total. The van der Waals surface area contributed by atoms with E-state index in [1.165, 1.54) is 12.8 Å². The zero-order chi connectivity index (χ0) is 13.9. The first-order valence-electron chi connectivity index (χ1n) is 7.27. The van der Waals surface area contributed by atoms with Crippen LogP contribution in [0.15, 0.2) is 30.5 Å². The molecule has 3 rings (SSSR count). The lowest BCUT2D eigenvalue weighted by atomic mass is 10.2. The molecule has 4 heteroatoms. The molecule has 2 heterocycles. The average Bonchev–Trinajstić information content (AvgIpc) is 2.69. The van der Waals surface area contributed by atoms with E-state index in [2.05, 4.69) is 0 Å². The molecule has 0 spiro atoms. The Labute approximate surface area is 124 Å². The van der Waals surface area contributed by atoms with Gasteiger partial charge in [0, 0.05) is 24.7 Å². The van der Waals surface area contributed by atoms with Crippen LogP contribution < -0.4 is 0 Å². The number of aromatic nitrogens is 1. The Morgan fingerprint density at radius 1 is 1.10 bits per heavy atom. The summed E-state index contributed by atoms with van der Waals surface area (Å²) in [7, 11) is 0. The van der Waals surface area contributed by atoms with Gasteiger partial charge in [-0.15, -0.1) is 0 Å². The van der Waals surface area contributed by atoms with Gasteiger partial charge in [0.2, 0.25) is 5.91 Å². The summed E-state index contributed by atoms with van der Waals surface area (Å²) in [4.78, 5) is 14.4. The second kappa shape index (κ2) is 5.88. The molecule has 1 aliphatic heterocycles. The van der Waals surface area contributed by atoms with Crippen molar-refractivity contribution in [2.45, 2.75) is 32.2 Å². The maximum Gasteiger partial charge on any atom is 0.242 e. The predicted octanol–water partition coefficient (Wildman–Crippen LogP) is 3.70. The molecule has 0 aliphatic carbocycles. The zero-order valence-electron chi connectivity index (χ0n) is 11.5. The van der Waals surface area contributed by atoms with Crippen molar-refractivity contribution in [3.05, 3.63) is 35.5 Å². The number of likely N-dealkylation sites (tertiary alicyclic amines) is 1. The molecule has 1 aromatic heterocycles. The summed E-state index contributed by atoms with van der Waals surface area (Å²) in [6.45, 7) is 2.17. The number of hydrogen-bond acceptors (Lipinski definition) is 1. The number of amides is 1. The molecule has 0 radical (unpaired) electrons. The highest BCUT2D eigenvalue weighted by Gasteiger charge is 2.16. The summed E-state index contributed by atoms with van der Waals surface area (Å²) in [6.07, 6.45) is 6.67. The molecular weight excluding hydrogens is 272 g/mol. The van der Waals surface area contributed by atoms with Gasteiger partial charge in [-0.1, -0.05) is 36.6 Å². The number of nitrogens with zero attached hydrogens (tertiary/aromatic N) is 2. The van der Waals surface area contributed by atoms with Crippen LogP contribution >= 0.6 is 11.6 Å². The third kappa shape index (κ3) is 2.68. The molecule has 1 saturated heterocycles. The molecule has 0 N–H and O–H groups in total. The number of fused-ring (bicyclic) bond motifs is 1. The van der Waals surface area contributed by atoms with Gasteiger partial charge in [-0.05, 0) is 25.0 Å². The lowest BCUT2D eigenvalue weighted by Gasteiger charge is -2.21. The summed E-state index contributed by atoms with van der Waals surface area (Å²) in [6, 6.07) is 7.84. The van der Waals surface area contributed by atoms with Crippen molar-refractivity contribution in [3.8, 4) is 0 Å². The zero-order valence-corrected chi connectivity index (χ0v) is 12.3. The minimum absolute atomic E-state index is 0.198. The average molecular weight is 291 g/mol. The van der Waals surface area contributed by atoms with Gasteiger partial charge in [0.25, 0.3) is 0 Å². The van der Waals surface area contributed by atoms with Crippen molar-refractivity contribution >= 4 is 28.4 Å². The Hall–Kier alpha value is -1.48. The molecule has 0 atom stereocenters. The third-order valence-corrected chi connectivity index (χ3v) is 4.31. The minimum atomic E-state index is 0.198. The van der Waals surface area contributed by atoms with E-state index in [1.54, 1.807) is 0 Å². The number of hydrogen-bond donors (Lipinski definition) is 0. The van der Waals surface area contributed by atoms with E-state index < -0.39 is 0 Å². The van der Waals surface area contributed by atoms with Crippen LogP contribution in [0, 0.1) is 0 Å². The predicted molar refractivity (Wildman–Crippen MR) is 82.0 cm³/mol. The van der Waals surface area contributed by atoms with Crippen molar-refractivity contribution in [1.29, 1.82) is 0 Å². The van der Waals surface area contributed by atoms with Gasteiger partial charge in [-0.2, -0.15) is 0 Å². The Balaban J connectivity index is 1.80. The summed E-state index contributed by atoms with van der Waals surface area (Å²) >= 11 is 6.25. The molecule has 0 saturated carbocycles. The van der Waals surface area contributed by atoms with Crippen molar-refractivity contribution in [2.75, 3.05) is 13.1 Å². The van der Waals surface area contributed by atoms with E-state index in [9.17, 15) is 4.79 Å². The number of halogens is 1. The fourth-order valence-electron chi connectivity index (χ4n) is 2.91. The topological polar surface area (TPSA) is 25.2 Å². The standard InChI is InChI=1S/C16H19ClN2O/c17-14-7-5-6-13-8-11-19(16(13)14)12-15(20)18-9-3-1-2-4-10-18/h5-8,11H,1-4,9-10,12H2. The number of rotatable bonds is 2. The Bertz CT molecular complexity index is 612. The maximum absolute atomic E-state index is 12.4. The van der Waals surface area contributed by atoms with E-state index in [0.717, 1.165) is 36.8 Å². The summed E-state index contributed by atoms with van der Waals surface area (Å²) in [5.74, 6) is 0.198. The van der Waals surface area contributed by atoms with Gasteiger partial charge in [-0.25, -0.2) is 0 Å². The number of carbonyl (C=O) groups excluding carboxylic acids is 1. The van der Waals surface area contributed by atoms with Gasteiger partial charge < -0.3 is 9.47 Å². The number of carbonyl (C=O) groups is 1. The fraction of sp³-hybridized carbons (Fsp3) is 0.438. The SMILES string of the molecule is O=C(Cn1ccc2cccc(Cl)c21)N1CCCCCC1. The highest BCUT2D eigenvalue weighted by Crippen LogP contribution is 2.24. The molecule has 0 bridgehead atoms. The van der Waals surface area contributed by atoms with Crippen LogP contribution in [0.1, 0.15) is 25.7 Å². The van der Waals surface area contributed by atoms with E-state index in [-0.39, 0.29) is 5.91 Å². The maximum atomic E-state index is 12.4. The van der Waals surface area contributed by atoms with E-state index in [4.69, 9.17) is 11.6 Å². The highest BCUT2D eigenvalue weighted by molar-refractivity contribution is 6.35. The van der Waals surface area contributed by atoms with E-state index in [0.29, 0.717) is 11.6 Å². The monoisotopic (exact) mass is 290 g/mol.